The fraction of sp³-hybridized carbons (Fsp3) is 0.778. The molecule has 1 aliphatic carbocycles. The highest BCUT2D eigenvalue weighted by Gasteiger charge is 2.33. The highest BCUT2D eigenvalue weighted by Crippen LogP contribution is 2.36. The number of rotatable bonds is 7. The molecule has 1 aromatic heterocycles. The molecular formula is C18H30N2O. The quantitative estimate of drug-likeness (QED) is 0.771. The summed E-state index contributed by atoms with van der Waals surface area (Å²) >= 11 is 0. The van der Waals surface area contributed by atoms with Gasteiger partial charge in [0, 0.05) is 18.2 Å². The predicted octanol–water partition coefficient (Wildman–Crippen LogP) is 3.93. The Kier molecular flexibility index (Phi) is 5.37. The Balaban J connectivity index is 1.58. The van der Waals surface area contributed by atoms with Crippen molar-refractivity contribution < 1.29 is 4.42 Å². The molecule has 0 spiro atoms. The molecule has 2 heterocycles. The van der Waals surface area contributed by atoms with Gasteiger partial charge in [0.2, 0.25) is 0 Å². The number of furan rings is 1. The molecule has 3 rings (SSSR count). The molecule has 1 aliphatic heterocycles. The van der Waals surface area contributed by atoms with E-state index in [9.17, 15) is 0 Å². The first kappa shape index (κ1) is 15.1. The molecule has 0 bridgehead atoms. The number of likely N-dealkylation sites (tertiary alicyclic amines) is 1. The van der Waals surface area contributed by atoms with Crippen molar-refractivity contribution in [2.24, 2.45) is 5.92 Å². The van der Waals surface area contributed by atoms with Gasteiger partial charge in [-0.05, 0) is 57.2 Å². The normalized spacial score (nSPS) is 24.1. The van der Waals surface area contributed by atoms with Gasteiger partial charge in [0.25, 0.3) is 0 Å². The van der Waals surface area contributed by atoms with E-state index in [2.05, 4.69) is 23.2 Å². The van der Waals surface area contributed by atoms with E-state index < -0.39 is 0 Å². The van der Waals surface area contributed by atoms with Gasteiger partial charge in [-0.2, -0.15) is 0 Å². The Bertz CT molecular complexity index is 423. The van der Waals surface area contributed by atoms with Crippen LogP contribution in [-0.4, -0.2) is 24.0 Å². The standard InChI is InChI=1S/C18H30N2O/c1-2-10-19-13-18-16(9-12-21-18)14-20-11-5-8-17(20)15-6-3-4-7-15/h9,12,15,17,19H,2-8,10-11,13-14H2,1H3. The maximum atomic E-state index is 5.69. The lowest BCUT2D eigenvalue weighted by atomic mass is 9.96. The minimum absolute atomic E-state index is 0.832. The van der Waals surface area contributed by atoms with Crippen LogP contribution in [0.5, 0.6) is 0 Å². The summed E-state index contributed by atoms with van der Waals surface area (Å²) in [6.45, 7) is 6.49. The monoisotopic (exact) mass is 290 g/mol. The Morgan fingerprint density at radius 3 is 2.90 bits per heavy atom. The largest absolute Gasteiger partial charge is 0.468 e. The Morgan fingerprint density at radius 1 is 1.24 bits per heavy atom. The number of hydrogen-bond acceptors (Lipinski definition) is 3. The highest BCUT2D eigenvalue weighted by atomic mass is 16.3. The molecule has 3 nitrogen and oxygen atoms in total. The fourth-order valence-electron chi connectivity index (χ4n) is 4.18. The summed E-state index contributed by atoms with van der Waals surface area (Å²) in [6.07, 6.45) is 11.6. The van der Waals surface area contributed by atoms with Crippen LogP contribution in [0.3, 0.4) is 0 Å². The van der Waals surface area contributed by atoms with Gasteiger partial charge in [-0.15, -0.1) is 0 Å². The van der Waals surface area contributed by atoms with E-state index in [4.69, 9.17) is 4.42 Å². The summed E-state index contributed by atoms with van der Waals surface area (Å²) in [5.41, 5.74) is 1.39. The zero-order valence-electron chi connectivity index (χ0n) is 13.4. The van der Waals surface area contributed by atoms with Crippen molar-refractivity contribution in [3.8, 4) is 0 Å². The van der Waals surface area contributed by atoms with Crippen LogP contribution in [0.2, 0.25) is 0 Å². The summed E-state index contributed by atoms with van der Waals surface area (Å²) < 4.78 is 5.69. The van der Waals surface area contributed by atoms with Crippen LogP contribution in [0.1, 0.15) is 63.2 Å². The number of nitrogens with zero attached hydrogens (tertiary/aromatic N) is 1. The van der Waals surface area contributed by atoms with Crippen molar-refractivity contribution in [1.82, 2.24) is 10.2 Å². The summed E-state index contributed by atoms with van der Waals surface area (Å²) in [7, 11) is 0. The van der Waals surface area contributed by atoms with Gasteiger partial charge in [-0.1, -0.05) is 19.8 Å². The van der Waals surface area contributed by atoms with Crippen molar-refractivity contribution >= 4 is 0 Å². The van der Waals surface area contributed by atoms with E-state index in [-0.39, 0.29) is 0 Å². The maximum Gasteiger partial charge on any atom is 0.122 e. The molecule has 1 unspecified atom stereocenters. The van der Waals surface area contributed by atoms with Crippen molar-refractivity contribution in [3.05, 3.63) is 23.7 Å². The van der Waals surface area contributed by atoms with Gasteiger partial charge in [0.1, 0.15) is 5.76 Å². The molecule has 0 amide bonds. The summed E-state index contributed by atoms with van der Waals surface area (Å²) in [5.74, 6) is 2.10. The second-order valence-electron chi connectivity index (χ2n) is 6.77. The SMILES string of the molecule is CCCNCc1occc1CN1CCCC1C1CCCC1. The fourth-order valence-corrected chi connectivity index (χ4v) is 4.18. The van der Waals surface area contributed by atoms with Gasteiger partial charge in [-0.25, -0.2) is 0 Å². The number of hydrogen-bond donors (Lipinski definition) is 1. The lowest BCUT2D eigenvalue weighted by molar-refractivity contribution is 0.182. The second-order valence-corrected chi connectivity index (χ2v) is 6.77. The smallest absolute Gasteiger partial charge is 0.122 e. The third-order valence-electron chi connectivity index (χ3n) is 5.28. The first-order valence-electron chi connectivity index (χ1n) is 8.88. The zero-order valence-corrected chi connectivity index (χ0v) is 13.4. The van der Waals surface area contributed by atoms with E-state index in [0.29, 0.717) is 0 Å². The van der Waals surface area contributed by atoms with Gasteiger partial charge < -0.3 is 9.73 Å². The van der Waals surface area contributed by atoms with Crippen LogP contribution < -0.4 is 5.32 Å². The molecule has 0 radical (unpaired) electrons. The van der Waals surface area contributed by atoms with Crippen molar-refractivity contribution in [2.45, 2.75) is 71.0 Å². The molecule has 2 fully saturated rings. The molecule has 21 heavy (non-hydrogen) atoms. The highest BCUT2D eigenvalue weighted by molar-refractivity contribution is 5.17. The van der Waals surface area contributed by atoms with Crippen LogP contribution in [0.25, 0.3) is 0 Å². The Morgan fingerprint density at radius 2 is 2.10 bits per heavy atom. The van der Waals surface area contributed by atoms with Crippen LogP contribution in [0, 0.1) is 5.92 Å². The average molecular weight is 290 g/mol. The molecular weight excluding hydrogens is 260 g/mol. The zero-order chi connectivity index (χ0) is 14.5. The summed E-state index contributed by atoms with van der Waals surface area (Å²) in [5, 5.41) is 3.46. The van der Waals surface area contributed by atoms with Crippen LogP contribution in [-0.2, 0) is 13.1 Å². The lowest BCUT2D eigenvalue weighted by Crippen LogP contribution is -2.34. The van der Waals surface area contributed by atoms with Crippen molar-refractivity contribution in [2.75, 3.05) is 13.1 Å². The topological polar surface area (TPSA) is 28.4 Å². The van der Waals surface area contributed by atoms with Crippen LogP contribution in [0.15, 0.2) is 16.7 Å². The van der Waals surface area contributed by atoms with E-state index in [0.717, 1.165) is 37.4 Å². The molecule has 3 heteroatoms. The Labute approximate surface area is 129 Å². The van der Waals surface area contributed by atoms with E-state index >= 15 is 0 Å². The van der Waals surface area contributed by atoms with E-state index in [1.165, 1.54) is 57.1 Å². The van der Waals surface area contributed by atoms with Crippen molar-refractivity contribution in [3.63, 3.8) is 0 Å². The van der Waals surface area contributed by atoms with Gasteiger partial charge in [-0.3, -0.25) is 4.90 Å². The Hall–Kier alpha value is -0.800. The average Bonchev–Trinajstić information content (AvgIpc) is 3.21. The molecule has 1 atom stereocenters. The summed E-state index contributed by atoms with van der Waals surface area (Å²) in [6, 6.07) is 3.01. The van der Waals surface area contributed by atoms with Crippen LogP contribution >= 0.6 is 0 Å². The van der Waals surface area contributed by atoms with Gasteiger partial charge in [0.05, 0.1) is 12.8 Å². The van der Waals surface area contributed by atoms with E-state index in [1.807, 2.05) is 6.26 Å². The molecule has 2 aliphatic rings. The van der Waals surface area contributed by atoms with Crippen molar-refractivity contribution in [1.29, 1.82) is 0 Å². The lowest BCUT2D eigenvalue weighted by Gasteiger charge is -2.29. The van der Waals surface area contributed by atoms with E-state index in [1.54, 1.807) is 0 Å². The molecule has 118 valence electrons. The number of nitrogens with one attached hydrogen (secondary N) is 1. The molecule has 1 saturated carbocycles. The third kappa shape index (κ3) is 3.70. The summed E-state index contributed by atoms with van der Waals surface area (Å²) in [4.78, 5) is 2.73. The third-order valence-corrected chi connectivity index (χ3v) is 5.28. The molecule has 1 saturated heterocycles. The minimum Gasteiger partial charge on any atom is -0.468 e. The minimum atomic E-state index is 0.832. The first-order valence-corrected chi connectivity index (χ1v) is 8.88. The van der Waals surface area contributed by atoms with Gasteiger partial charge >= 0.3 is 0 Å². The predicted molar refractivity (Wildman–Crippen MR) is 86.1 cm³/mol. The first-order chi connectivity index (χ1) is 10.4. The second kappa shape index (κ2) is 7.46. The van der Waals surface area contributed by atoms with Crippen LogP contribution in [0.4, 0.5) is 0 Å². The molecule has 1 N–H and O–H groups in total. The maximum absolute atomic E-state index is 5.69. The molecule has 1 aromatic rings. The molecule has 0 aromatic carbocycles. The van der Waals surface area contributed by atoms with Gasteiger partial charge in [0.15, 0.2) is 0 Å².